The van der Waals surface area contributed by atoms with Crippen molar-refractivity contribution in [1.82, 2.24) is 45.5 Å². The minimum atomic E-state index is -1.04. The fraction of sp³-hybridized carbons (Fsp3) is 0.385. The zero-order chi connectivity index (χ0) is 38.8. The van der Waals surface area contributed by atoms with Crippen LogP contribution in [0.1, 0.15) is 95.3 Å². The summed E-state index contributed by atoms with van der Waals surface area (Å²) in [7, 11) is 0. The Bertz CT molecular complexity index is 2230. The quantitative estimate of drug-likeness (QED) is 0.191. The molecule has 1 saturated heterocycles. The molecule has 16 heteroatoms. The molecule has 4 N–H and O–H groups in total. The van der Waals surface area contributed by atoms with Gasteiger partial charge in [-0.25, -0.2) is 15.0 Å². The lowest BCUT2D eigenvalue weighted by Crippen LogP contribution is -2.48. The number of pyridine rings is 1. The molecule has 5 aromatic rings. The number of nitrogens with zero attached hydrogens (tertiary/aromatic N) is 5. The van der Waals surface area contributed by atoms with Gasteiger partial charge in [0.1, 0.15) is 42.3 Å². The first-order valence-corrected chi connectivity index (χ1v) is 18.3. The van der Waals surface area contributed by atoms with Crippen LogP contribution in [0.4, 0.5) is 0 Å². The molecule has 5 atom stereocenters. The van der Waals surface area contributed by atoms with Gasteiger partial charge in [0.2, 0.25) is 29.5 Å². The lowest BCUT2D eigenvalue weighted by Gasteiger charge is -2.25. The molecule has 0 spiro atoms. The lowest BCUT2D eigenvalue weighted by atomic mass is 10.0. The average molecular weight is 750 g/mol. The molecule has 4 bridgehead atoms. The van der Waals surface area contributed by atoms with E-state index in [-0.39, 0.29) is 60.8 Å². The summed E-state index contributed by atoms with van der Waals surface area (Å²) < 4.78 is 13.3. The second-order valence-electron chi connectivity index (χ2n) is 14.6. The summed E-state index contributed by atoms with van der Waals surface area (Å²) in [6.45, 7) is 7.44. The number of rotatable bonds is 7. The van der Waals surface area contributed by atoms with Gasteiger partial charge in [0, 0.05) is 31.4 Å². The molecule has 55 heavy (non-hydrogen) atoms. The van der Waals surface area contributed by atoms with Crippen LogP contribution in [0, 0.1) is 12.8 Å². The molecule has 0 saturated carbocycles. The van der Waals surface area contributed by atoms with E-state index in [1.807, 2.05) is 73.8 Å². The number of carbonyl (C=O) groups excluding carboxylic acids is 5. The first-order valence-electron chi connectivity index (χ1n) is 18.3. The molecule has 0 unspecified atom stereocenters. The number of imidazole rings is 1. The summed E-state index contributed by atoms with van der Waals surface area (Å²) in [6.07, 6.45) is 6.56. The predicted molar refractivity (Wildman–Crippen MR) is 196 cm³/mol. The molecular formula is C39H43N9O7. The van der Waals surface area contributed by atoms with Gasteiger partial charge in [-0.2, -0.15) is 0 Å². The Kier molecular flexibility index (Phi) is 10.5. The molecule has 16 nitrogen and oxygen atoms in total. The number of benzene rings is 1. The number of aromatic nitrogens is 4. The van der Waals surface area contributed by atoms with Crippen LogP contribution in [-0.2, 0) is 27.2 Å². The maximum atomic E-state index is 14.3. The van der Waals surface area contributed by atoms with Crippen molar-refractivity contribution in [2.45, 2.75) is 83.6 Å². The highest BCUT2D eigenvalue weighted by atomic mass is 16.3. The van der Waals surface area contributed by atoms with Crippen LogP contribution in [0.5, 0.6) is 0 Å². The topological polar surface area (TPSA) is 206 Å². The van der Waals surface area contributed by atoms with Crippen LogP contribution < -0.4 is 21.3 Å². The van der Waals surface area contributed by atoms with Crippen LogP contribution in [0.3, 0.4) is 0 Å². The zero-order valence-electron chi connectivity index (χ0n) is 30.9. The molecular weight excluding hydrogens is 706 g/mol. The third kappa shape index (κ3) is 8.12. The largest absolute Gasteiger partial charge is 0.446 e. The van der Waals surface area contributed by atoms with Crippen molar-refractivity contribution < 1.29 is 32.8 Å². The number of carbonyl (C=O) groups is 5. The molecule has 4 aromatic heterocycles. The molecule has 5 amide bonds. The molecule has 286 valence electrons. The minimum Gasteiger partial charge on any atom is -0.446 e. The van der Waals surface area contributed by atoms with Crippen LogP contribution in [-0.4, -0.2) is 78.5 Å². The number of oxazole rings is 2. The third-order valence-corrected chi connectivity index (χ3v) is 9.83. The Morgan fingerprint density at radius 1 is 0.927 bits per heavy atom. The summed E-state index contributed by atoms with van der Waals surface area (Å²) in [5.41, 5.74) is 3.12. The fourth-order valence-corrected chi connectivity index (χ4v) is 7.10. The molecule has 2 aliphatic heterocycles. The van der Waals surface area contributed by atoms with Crippen LogP contribution in [0.15, 0.2) is 76.2 Å². The summed E-state index contributed by atoms with van der Waals surface area (Å²) in [5.74, 6) is -2.34. The van der Waals surface area contributed by atoms with E-state index in [9.17, 15) is 24.0 Å². The van der Waals surface area contributed by atoms with E-state index in [0.717, 1.165) is 16.8 Å². The number of nitrogens with one attached hydrogen (secondary N) is 4. The summed E-state index contributed by atoms with van der Waals surface area (Å²) in [5, 5.41) is 11.6. The summed E-state index contributed by atoms with van der Waals surface area (Å²) in [6, 6.07) is 8.99. The number of amides is 5. The van der Waals surface area contributed by atoms with Gasteiger partial charge in [-0.15, -0.1) is 0 Å². The van der Waals surface area contributed by atoms with Crippen molar-refractivity contribution in [2.24, 2.45) is 5.92 Å². The smallest absolute Gasteiger partial charge is 0.276 e. The molecule has 6 heterocycles. The Morgan fingerprint density at radius 3 is 2.45 bits per heavy atom. The molecule has 2 aliphatic rings. The third-order valence-electron chi connectivity index (χ3n) is 9.83. The first-order chi connectivity index (χ1) is 26.4. The fourth-order valence-electron chi connectivity index (χ4n) is 7.10. The van der Waals surface area contributed by atoms with Crippen molar-refractivity contribution in [2.75, 3.05) is 6.54 Å². The van der Waals surface area contributed by atoms with E-state index in [0.29, 0.717) is 12.1 Å². The zero-order valence-corrected chi connectivity index (χ0v) is 30.9. The van der Waals surface area contributed by atoms with E-state index in [1.165, 1.54) is 17.4 Å². The minimum absolute atomic E-state index is 0.00690. The van der Waals surface area contributed by atoms with Gasteiger partial charge >= 0.3 is 0 Å². The van der Waals surface area contributed by atoms with Crippen molar-refractivity contribution >= 4 is 35.2 Å². The van der Waals surface area contributed by atoms with Gasteiger partial charge in [-0.3, -0.25) is 24.0 Å². The highest BCUT2D eigenvalue weighted by molar-refractivity contribution is 5.97. The van der Waals surface area contributed by atoms with Gasteiger partial charge in [0.15, 0.2) is 11.4 Å². The standard InChI is InChI=1S/C39H43N9O7/c1-21(2)13-27-34(50)41-23(4)37-46-30(20-54-37)39(53)48-18-25(42-32(49)16-26-17-40-33-22(3)9-8-12-47(26)33)15-31(48)36(52)44-28(14-24-10-6-5-7-11-24)38-45-29(19-55-38)35(51)43-27/h5-12,17,19-21,23,25,27-28,31H,13-16,18H2,1-4H3,(H,41,50)(H,42,49)(H,43,51)(H,44,52)/t23-,25+,27-,28+,31+/m1/s1. The van der Waals surface area contributed by atoms with Gasteiger partial charge in [-0.1, -0.05) is 50.2 Å². The Labute approximate surface area is 316 Å². The average Bonchev–Trinajstić information content (AvgIpc) is 3.98. The number of hydrogen-bond donors (Lipinski definition) is 4. The van der Waals surface area contributed by atoms with Gasteiger partial charge in [0.05, 0.1) is 12.1 Å². The Morgan fingerprint density at radius 2 is 1.67 bits per heavy atom. The van der Waals surface area contributed by atoms with Gasteiger partial charge < -0.3 is 39.4 Å². The second-order valence-corrected chi connectivity index (χ2v) is 14.6. The molecule has 0 aliphatic carbocycles. The van der Waals surface area contributed by atoms with Crippen LogP contribution >= 0.6 is 0 Å². The normalized spacial score (nSPS) is 22.1. The highest BCUT2D eigenvalue weighted by Crippen LogP contribution is 2.26. The van der Waals surface area contributed by atoms with Crippen LogP contribution in [0.2, 0.25) is 0 Å². The van der Waals surface area contributed by atoms with E-state index < -0.39 is 53.8 Å². The van der Waals surface area contributed by atoms with E-state index in [4.69, 9.17) is 8.83 Å². The van der Waals surface area contributed by atoms with Crippen molar-refractivity contribution in [3.8, 4) is 0 Å². The van der Waals surface area contributed by atoms with E-state index in [1.54, 1.807) is 13.1 Å². The maximum absolute atomic E-state index is 14.3. The Balaban J connectivity index is 1.20. The SMILES string of the molecule is Cc1cccn2c(CC(=O)N[C@H]3C[C@H]4C(=O)N[C@@H](Cc5ccccc5)c5nc(co5)C(=O)N[C@H](CC(C)C)C(=O)N[C@H](C)c5nc(co5)C(=O)N4C3)cnc12. The van der Waals surface area contributed by atoms with E-state index >= 15 is 0 Å². The highest BCUT2D eigenvalue weighted by Gasteiger charge is 2.42. The lowest BCUT2D eigenvalue weighted by molar-refractivity contribution is -0.126. The number of hydrogen-bond acceptors (Lipinski definition) is 10. The maximum Gasteiger partial charge on any atom is 0.276 e. The van der Waals surface area contributed by atoms with Crippen molar-refractivity contribution in [3.05, 3.63) is 107 Å². The van der Waals surface area contributed by atoms with Gasteiger partial charge in [-0.05, 0) is 49.8 Å². The van der Waals surface area contributed by atoms with E-state index in [2.05, 4.69) is 36.2 Å². The predicted octanol–water partition coefficient (Wildman–Crippen LogP) is 3.00. The number of aryl methyl sites for hydroxylation is 1. The first kappa shape index (κ1) is 37.0. The molecule has 0 radical (unpaired) electrons. The van der Waals surface area contributed by atoms with Crippen LogP contribution in [0.25, 0.3) is 5.65 Å². The van der Waals surface area contributed by atoms with Crippen molar-refractivity contribution in [3.63, 3.8) is 0 Å². The number of fused-ring (bicyclic) bond motifs is 6. The summed E-state index contributed by atoms with van der Waals surface area (Å²) >= 11 is 0. The molecule has 7 rings (SSSR count). The molecule has 1 aromatic carbocycles. The second kappa shape index (κ2) is 15.6. The summed E-state index contributed by atoms with van der Waals surface area (Å²) in [4.78, 5) is 83.5. The Hall–Kier alpha value is -6.32. The monoisotopic (exact) mass is 749 g/mol. The van der Waals surface area contributed by atoms with Gasteiger partial charge in [0.25, 0.3) is 11.8 Å². The van der Waals surface area contributed by atoms with Crippen molar-refractivity contribution in [1.29, 1.82) is 0 Å². The molecule has 1 fully saturated rings.